The summed E-state index contributed by atoms with van der Waals surface area (Å²) in [5, 5.41) is 8.81. The molecule has 0 aromatic carbocycles. The van der Waals surface area contributed by atoms with Crippen molar-refractivity contribution in [2.24, 2.45) is 4.99 Å². The molecule has 0 rings (SSSR count). The van der Waals surface area contributed by atoms with E-state index in [-0.39, 0.29) is 12.5 Å². The Hall–Kier alpha value is -2.25. The van der Waals surface area contributed by atoms with Gasteiger partial charge in [0.25, 0.3) is 0 Å². The standard InChI is InChI=1S/C16H31N5O3/c1-7-9-17-14(20-12-13(22)21(5)6)18-10-8-11-19-15(23)24-16(2,3)4/h7H,1,8-12H2,2-6H3,(H,19,23)(H2,17,18,20). The van der Waals surface area contributed by atoms with E-state index >= 15 is 0 Å². The highest BCUT2D eigenvalue weighted by Gasteiger charge is 2.15. The van der Waals surface area contributed by atoms with Gasteiger partial charge in [0.05, 0.1) is 0 Å². The van der Waals surface area contributed by atoms with E-state index in [1.807, 2.05) is 20.8 Å². The SMILES string of the molecule is C=CCNC(=NCC(=O)N(C)C)NCCCNC(=O)OC(C)(C)C. The highest BCUT2D eigenvalue weighted by Crippen LogP contribution is 2.06. The van der Waals surface area contributed by atoms with Gasteiger partial charge in [0.15, 0.2) is 5.96 Å². The van der Waals surface area contributed by atoms with Crippen molar-refractivity contribution >= 4 is 18.0 Å². The molecule has 0 saturated heterocycles. The third-order valence-electron chi connectivity index (χ3n) is 2.60. The van der Waals surface area contributed by atoms with E-state index in [4.69, 9.17) is 4.74 Å². The molecule has 24 heavy (non-hydrogen) atoms. The van der Waals surface area contributed by atoms with Crippen LogP contribution in [0.2, 0.25) is 0 Å². The first-order chi connectivity index (χ1) is 11.2. The lowest BCUT2D eigenvalue weighted by Gasteiger charge is -2.19. The topological polar surface area (TPSA) is 95.1 Å². The molecule has 0 heterocycles. The number of hydrogen-bond donors (Lipinski definition) is 3. The maximum atomic E-state index is 11.6. The van der Waals surface area contributed by atoms with Crippen LogP contribution in [0.3, 0.4) is 0 Å². The zero-order valence-electron chi connectivity index (χ0n) is 15.4. The molecule has 0 atom stereocenters. The molecule has 0 aliphatic heterocycles. The number of carbonyl (C=O) groups is 2. The largest absolute Gasteiger partial charge is 0.444 e. The van der Waals surface area contributed by atoms with Crippen LogP contribution in [0.15, 0.2) is 17.6 Å². The van der Waals surface area contributed by atoms with Gasteiger partial charge in [-0.15, -0.1) is 6.58 Å². The fourth-order valence-corrected chi connectivity index (χ4v) is 1.43. The summed E-state index contributed by atoms with van der Waals surface area (Å²) in [5.74, 6) is 0.448. The summed E-state index contributed by atoms with van der Waals surface area (Å²) in [6.45, 7) is 10.8. The van der Waals surface area contributed by atoms with E-state index in [0.717, 1.165) is 0 Å². The lowest BCUT2D eigenvalue weighted by Crippen LogP contribution is -2.40. The van der Waals surface area contributed by atoms with E-state index in [2.05, 4.69) is 27.5 Å². The molecule has 0 saturated carbocycles. The van der Waals surface area contributed by atoms with Gasteiger partial charge >= 0.3 is 6.09 Å². The Morgan fingerprint density at radius 2 is 1.79 bits per heavy atom. The summed E-state index contributed by atoms with van der Waals surface area (Å²) >= 11 is 0. The maximum absolute atomic E-state index is 11.6. The number of ether oxygens (including phenoxy) is 1. The number of alkyl carbamates (subject to hydrolysis) is 1. The van der Waals surface area contributed by atoms with Crippen LogP contribution >= 0.6 is 0 Å². The van der Waals surface area contributed by atoms with Crippen molar-refractivity contribution in [3.63, 3.8) is 0 Å². The zero-order valence-corrected chi connectivity index (χ0v) is 15.4. The number of rotatable bonds is 8. The van der Waals surface area contributed by atoms with Crippen LogP contribution in [0.4, 0.5) is 4.79 Å². The minimum absolute atomic E-state index is 0.0651. The second kappa shape index (κ2) is 11.3. The van der Waals surface area contributed by atoms with E-state index in [1.165, 1.54) is 4.90 Å². The molecule has 0 radical (unpaired) electrons. The van der Waals surface area contributed by atoms with Crippen molar-refractivity contribution in [3.8, 4) is 0 Å². The van der Waals surface area contributed by atoms with Gasteiger partial charge in [-0.3, -0.25) is 4.79 Å². The van der Waals surface area contributed by atoms with E-state index in [9.17, 15) is 9.59 Å². The van der Waals surface area contributed by atoms with E-state index in [0.29, 0.717) is 32.0 Å². The Bertz CT molecular complexity index is 441. The second-order valence-corrected chi connectivity index (χ2v) is 6.33. The van der Waals surface area contributed by atoms with Crippen molar-refractivity contribution in [3.05, 3.63) is 12.7 Å². The molecule has 138 valence electrons. The summed E-state index contributed by atoms with van der Waals surface area (Å²) in [4.78, 5) is 28.8. The summed E-state index contributed by atoms with van der Waals surface area (Å²) in [6, 6.07) is 0. The minimum Gasteiger partial charge on any atom is -0.444 e. The molecular formula is C16H31N5O3. The Morgan fingerprint density at radius 1 is 1.17 bits per heavy atom. The molecule has 0 aromatic heterocycles. The normalized spacial score (nSPS) is 11.5. The van der Waals surface area contributed by atoms with Gasteiger partial charge in [-0.2, -0.15) is 0 Å². The van der Waals surface area contributed by atoms with Gasteiger partial charge < -0.3 is 25.6 Å². The average Bonchev–Trinajstić information content (AvgIpc) is 2.46. The van der Waals surface area contributed by atoms with Crippen molar-refractivity contribution in [1.82, 2.24) is 20.9 Å². The van der Waals surface area contributed by atoms with Crippen LogP contribution in [0, 0.1) is 0 Å². The van der Waals surface area contributed by atoms with Crippen molar-refractivity contribution < 1.29 is 14.3 Å². The lowest BCUT2D eigenvalue weighted by molar-refractivity contribution is -0.127. The molecule has 8 heteroatoms. The van der Waals surface area contributed by atoms with Crippen LogP contribution in [-0.4, -0.2) is 68.7 Å². The Balaban J connectivity index is 4.14. The van der Waals surface area contributed by atoms with Gasteiger partial charge in [-0.1, -0.05) is 6.08 Å². The molecule has 0 aliphatic carbocycles. The van der Waals surface area contributed by atoms with Crippen molar-refractivity contribution in [1.29, 1.82) is 0 Å². The van der Waals surface area contributed by atoms with Gasteiger partial charge in [-0.25, -0.2) is 9.79 Å². The summed E-state index contributed by atoms with van der Waals surface area (Å²) in [6.07, 6.45) is 1.96. The number of nitrogens with one attached hydrogen (secondary N) is 3. The fraction of sp³-hybridized carbons (Fsp3) is 0.688. The maximum Gasteiger partial charge on any atom is 0.407 e. The number of hydrogen-bond acceptors (Lipinski definition) is 4. The first-order valence-electron chi connectivity index (χ1n) is 7.96. The third-order valence-corrected chi connectivity index (χ3v) is 2.60. The predicted molar refractivity (Wildman–Crippen MR) is 96.1 cm³/mol. The predicted octanol–water partition coefficient (Wildman–Crippen LogP) is 0.711. The Morgan fingerprint density at radius 3 is 2.33 bits per heavy atom. The highest BCUT2D eigenvalue weighted by molar-refractivity contribution is 5.84. The molecule has 0 spiro atoms. The van der Waals surface area contributed by atoms with Crippen LogP contribution < -0.4 is 16.0 Å². The first-order valence-corrected chi connectivity index (χ1v) is 7.96. The molecular weight excluding hydrogens is 310 g/mol. The Labute approximate surface area is 144 Å². The van der Waals surface area contributed by atoms with Gasteiger partial charge in [-0.05, 0) is 27.2 Å². The molecule has 0 bridgehead atoms. The van der Waals surface area contributed by atoms with Crippen molar-refractivity contribution in [2.45, 2.75) is 32.8 Å². The number of amides is 2. The summed E-state index contributed by atoms with van der Waals surface area (Å²) < 4.78 is 5.15. The van der Waals surface area contributed by atoms with Gasteiger partial charge in [0, 0.05) is 33.7 Å². The molecule has 0 aromatic rings. The number of guanidine groups is 1. The quantitative estimate of drug-likeness (QED) is 0.262. The van der Waals surface area contributed by atoms with Crippen LogP contribution in [0.5, 0.6) is 0 Å². The molecule has 3 N–H and O–H groups in total. The zero-order chi connectivity index (χ0) is 18.6. The summed E-state index contributed by atoms with van der Waals surface area (Å²) in [5.41, 5.74) is -0.504. The molecule has 0 aliphatic rings. The van der Waals surface area contributed by atoms with Gasteiger partial charge in [0.1, 0.15) is 12.1 Å². The van der Waals surface area contributed by atoms with Gasteiger partial charge in [0.2, 0.25) is 5.91 Å². The molecule has 8 nitrogen and oxygen atoms in total. The number of aliphatic imine (C=N–C) groups is 1. The minimum atomic E-state index is -0.504. The Kier molecular flexibility index (Phi) is 10.3. The van der Waals surface area contributed by atoms with E-state index < -0.39 is 11.7 Å². The molecule has 0 fully saturated rings. The van der Waals surface area contributed by atoms with Crippen LogP contribution in [0.25, 0.3) is 0 Å². The van der Waals surface area contributed by atoms with E-state index in [1.54, 1.807) is 20.2 Å². The average molecular weight is 341 g/mol. The fourth-order valence-electron chi connectivity index (χ4n) is 1.43. The third kappa shape index (κ3) is 12.3. The molecule has 2 amide bonds. The van der Waals surface area contributed by atoms with Crippen LogP contribution in [0.1, 0.15) is 27.2 Å². The summed E-state index contributed by atoms with van der Waals surface area (Å²) in [7, 11) is 3.37. The smallest absolute Gasteiger partial charge is 0.407 e. The molecule has 0 unspecified atom stereocenters. The number of carbonyl (C=O) groups excluding carboxylic acids is 2. The number of nitrogens with zero attached hydrogens (tertiary/aromatic N) is 2. The monoisotopic (exact) mass is 341 g/mol. The van der Waals surface area contributed by atoms with Crippen LogP contribution in [-0.2, 0) is 9.53 Å². The second-order valence-electron chi connectivity index (χ2n) is 6.33. The first kappa shape index (κ1) is 21.8. The van der Waals surface area contributed by atoms with Crippen molar-refractivity contribution in [2.75, 3.05) is 40.3 Å². The number of likely N-dealkylation sites (N-methyl/N-ethyl adjacent to an activating group) is 1. The highest BCUT2D eigenvalue weighted by atomic mass is 16.6. The lowest BCUT2D eigenvalue weighted by atomic mass is 10.2.